The molecule has 0 bridgehead atoms. The lowest BCUT2D eigenvalue weighted by molar-refractivity contribution is 0.0977. The van der Waals surface area contributed by atoms with Crippen molar-refractivity contribution in [2.75, 3.05) is 12.4 Å². The average molecular weight is 191 g/mol. The Morgan fingerprint density at radius 2 is 2.43 bits per heavy atom. The van der Waals surface area contributed by atoms with Gasteiger partial charge in [-0.15, -0.1) is 0 Å². The second kappa shape index (κ2) is 3.02. The number of hydrogen-bond acceptors (Lipinski definition) is 4. The van der Waals surface area contributed by atoms with Crippen molar-refractivity contribution in [3.8, 4) is 0 Å². The number of carbonyl (C=O) groups excluding carboxylic acids is 1. The predicted molar refractivity (Wildman–Crippen MR) is 52.1 cm³/mol. The molecule has 5 nitrogen and oxygen atoms in total. The van der Waals surface area contributed by atoms with E-state index in [1.807, 2.05) is 6.07 Å². The molecule has 5 heteroatoms. The molecule has 0 aliphatic rings. The van der Waals surface area contributed by atoms with Crippen molar-refractivity contribution in [3.63, 3.8) is 0 Å². The molecular weight excluding hydrogens is 182 g/mol. The molecule has 2 aromatic rings. The molecule has 2 aromatic heterocycles. The summed E-state index contributed by atoms with van der Waals surface area (Å²) in [6.07, 6.45) is 1.59. The van der Waals surface area contributed by atoms with Crippen LogP contribution in [0, 0.1) is 0 Å². The van der Waals surface area contributed by atoms with Crippen LogP contribution in [0.1, 0.15) is 10.6 Å². The summed E-state index contributed by atoms with van der Waals surface area (Å²) in [7, 11) is 1.70. The van der Waals surface area contributed by atoms with Gasteiger partial charge in [-0.2, -0.15) is 0 Å². The fraction of sp³-hybridized carbons (Fsp3) is 0.111. The molecule has 14 heavy (non-hydrogen) atoms. The van der Waals surface area contributed by atoms with Gasteiger partial charge in [-0.25, -0.2) is 4.98 Å². The lowest BCUT2D eigenvalue weighted by atomic mass is 10.2. The first-order valence-corrected chi connectivity index (χ1v) is 4.09. The second-order valence-electron chi connectivity index (χ2n) is 2.78. The summed E-state index contributed by atoms with van der Waals surface area (Å²) in [5, 5.41) is 3.62. The number of furan rings is 1. The second-order valence-corrected chi connectivity index (χ2v) is 2.78. The molecular formula is C9H9N3O2. The summed E-state index contributed by atoms with van der Waals surface area (Å²) in [6.45, 7) is 0. The molecule has 0 radical (unpaired) electrons. The summed E-state index contributed by atoms with van der Waals surface area (Å²) < 4.78 is 5.20. The van der Waals surface area contributed by atoms with Gasteiger partial charge in [-0.05, 0) is 12.1 Å². The fourth-order valence-electron chi connectivity index (χ4n) is 1.35. The van der Waals surface area contributed by atoms with Crippen LogP contribution in [0.4, 0.5) is 5.69 Å². The van der Waals surface area contributed by atoms with Gasteiger partial charge >= 0.3 is 0 Å². The maximum Gasteiger partial charge on any atom is 0.286 e. The molecule has 0 spiro atoms. The lowest BCUT2D eigenvalue weighted by Gasteiger charge is -1.96. The van der Waals surface area contributed by atoms with E-state index in [1.54, 1.807) is 19.3 Å². The number of rotatable bonds is 2. The number of nitrogens with two attached hydrogens (primary N) is 1. The van der Waals surface area contributed by atoms with Crippen LogP contribution in [0.2, 0.25) is 0 Å². The van der Waals surface area contributed by atoms with E-state index in [0.29, 0.717) is 11.4 Å². The summed E-state index contributed by atoms with van der Waals surface area (Å²) in [5.74, 6) is -0.492. The summed E-state index contributed by atoms with van der Waals surface area (Å²) >= 11 is 0. The number of nitrogens with one attached hydrogen (secondary N) is 1. The third-order valence-corrected chi connectivity index (χ3v) is 1.94. The van der Waals surface area contributed by atoms with Gasteiger partial charge in [0, 0.05) is 13.2 Å². The highest BCUT2D eigenvalue weighted by atomic mass is 16.4. The summed E-state index contributed by atoms with van der Waals surface area (Å²) in [6, 6.07) is 3.58. The van der Waals surface area contributed by atoms with E-state index in [0.717, 1.165) is 5.39 Å². The van der Waals surface area contributed by atoms with Gasteiger partial charge in [0.05, 0.1) is 11.1 Å². The quantitative estimate of drug-likeness (QED) is 0.741. The Kier molecular flexibility index (Phi) is 1.85. The predicted octanol–water partition coefficient (Wildman–Crippen LogP) is 0.968. The third-order valence-electron chi connectivity index (χ3n) is 1.94. The largest absolute Gasteiger partial charge is 0.430 e. The Bertz CT molecular complexity index is 490. The Morgan fingerprint density at radius 1 is 1.64 bits per heavy atom. The number of anilines is 1. The van der Waals surface area contributed by atoms with Crippen molar-refractivity contribution in [3.05, 3.63) is 24.1 Å². The molecule has 0 atom stereocenters. The van der Waals surface area contributed by atoms with Gasteiger partial charge in [0.25, 0.3) is 5.91 Å². The first kappa shape index (κ1) is 8.55. The molecule has 0 aliphatic carbocycles. The van der Waals surface area contributed by atoms with E-state index in [1.165, 1.54) is 0 Å². The van der Waals surface area contributed by atoms with Crippen molar-refractivity contribution in [2.24, 2.45) is 5.73 Å². The molecule has 0 saturated carbocycles. The number of hydrogen-bond donors (Lipinski definition) is 2. The van der Waals surface area contributed by atoms with Crippen LogP contribution >= 0.6 is 0 Å². The molecule has 0 aromatic carbocycles. The van der Waals surface area contributed by atoms with Gasteiger partial charge < -0.3 is 15.5 Å². The van der Waals surface area contributed by atoms with Crippen LogP contribution in [0.15, 0.2) is 22.7 Å². The van der Waals surface area contributed by atoms with Gasteiger partial charge in [-0.1, -0.05) is 0 Å². The highest BCUT2D eigenvalue weighted by Gasteiger charge is 2.17. The average Bonchev–Trinajstić information content (AvgIpc) is 2.56. The topological polar surface area (TPSA) is 81.1 Å². The van der Waals surface area contributed by atoms with E-state index >= 15 is 0 Å². The normalized spacial score (nSPS) is 10.4. The van der Waals surface area contributed by atoms with Gasteiger partial charge in [0.1, 0.15) is 0 Å². The van der Waals surface area contributed by atoms with Crippen LogP contribution in [-0.2, 0) is 0 Å². The minimum Gasteiger partial charge on any atom is -0.430 e. The van der Waals surface area contributed by atoms with Crippen molar-refractivity contribution >= 4 is 22.7 Å². The zero-order valence-corrected chi connectivity index (χ0v) is 7.57. The van der Waals surface area contributed by atoms with Crippen molar-refractivity contribution < 1.29 is 9.21 Å². The SMILES string of the molecule is CNc1c(C(N)=O)oc2ncccc12. The Balaban J connectivity index is 2.78. The van der Waals surface area contributed by atoms with E-state index in [2.05, 4.69) is 10.3 Å². The number of nitrogens with zero attached hydrogens (tertiary/aromatic N) is 1. The molecule has 1 amide bonds. The Morgan fingerprint density at radius 3 is 3.07 bits per heavy atom. The smallest absolute Gasteiger partial charge is 0.286 e. The van der Waals surface area contributed by atoms with Crippen LogP contribution in [0.5, 0.6) is 0 Å². The van der Waals surface area contributed by atoms with Crippen molar-refractivity contribution in [1.29, 1.82) is 0 Å². The standard InChI is InChI=1S/C9H9N3O2/c1-11-6-5-3-2-4-12-9(5)14-7(6)8(10)13/h2-4,11H,1H3,(H2,10,13). The van der Waals surface area contributed by atoms with Crippen LogP contribution < -0.4 is 11.1 Å². The highest BCUT2D eigenvalue weighted by molar-refractivity contribution is 6.04. The summed E-state index contributed by atoms with van der Waals surface area (Å²) in [5.41, 5.74) is 6.15. The lowest BCUT2D eigenvalue weighted by Crippen LogP contribution is -2.11. The fourth-order valence-corrected chi connectivity index (χ4v) is 1.35. The van der Waals surface area contributed by atoms with Gasteiger partial charge in [0.2, 0.25) is 11.5 Å². The summed E-state index contributed by atoms with van der Waals surface area (Å²) in [4.78, 5) is 15.0. The van der Waals surface area contributed by atoms with Crippen LogP contribution in [0.25, 0.3) is 11.1 Å². The molecule has 3 N–H and O–H groups in total. The Labute approximate surface area is 79.9 Å². The van der Waals surface area contributed by atoms with Crippen molar-refractivity contribution in [2.45, 2.75) is 0 Å². The number of aromatic nitrogens is 1. The van der Waals surface area contributed by atoms with E-state index < -0.39 is 5.91 Å². The monoisotopic (exact) mass is 191 g/mol. The highest BCUT2D eigenvalue weighted by Crippen LogP contribution is 2.28. The van der Waals surface area contributed by atoms with E-state index in [9.17, 15) is 4.79 Å². The maximum absolute atomic E-state index is 11.0. The molecule has 2 heterocycles. The molecule has 0 aliphatic heterocycles. The molecule has 2 rings (SSSR count). The molecule has 0 unspecified atom stereocenters. The minimum atomic E-state index is -0.604. The van der Waals surface area contributed by atoms with Crippen LogP contribution in [0.3, 0.4) is 0 Å². The molecule has 0 fully saturated rings. The maximum atomic E-state index is 11.0. The van der Waals surface area contributed by atoms with Gasteiger partial charge in [0.15, 0.2) is 0 Å². The first-order valence-electron chi connectivity index (χ1n) is 4.09. The molecule has 0 saturated heterocycles. The van der Waals surface area contributed by atoms with Crippen LogP contribution in [-0.4, -0.2) is 17.9 Å². The van der Waals surface area contributed by atoms with E-state index in [4.69, 9.17) is 10.2 Å². The number of primary amides is 1. The Hall–Kier alpha value is -2.04. The number of amides is 1. The number of pyridine rings is 1. The number of fused-ring (bicyclic) bond motifs is 1. The zero-order chi connectivity index (χ0) is 10.1. The zero-order valence-electron chi connectivity index (χ0n) is 7.57. The molecule has 72 valence electrons. The number of carbonyl (C=O) groups is 1. The third kappa shape index (κ3) is 1.10. The minimum absolute atomic E-state index is 0.112. The van der Waals surface area contributed by atoms with Gasteiger partial charge in [-0.3, -0.25) is 4.79 Å². The van der Waals surface area contributed by atoms with Crippen molar-refractivity contribution in [1.82, 2.24) is 4.98 Å². The van der Waals surface area contributed by atoms with E-state index in [-0.39, 0.29) is 5.76 Å². The first-order chi connectivity index (χ1) is 6.74.